The summed E-state index contributed by atoms with van der Waals surface area (Å²) in [7, 11) is 0. The number of rotatable bonds is 11. The first-order valence-electron chi connectivity index (χ1n) is 16.4. The summed E-state index contributed by atoms with van der Waals surface area (Å²) in [6.45, 7) is 2.30. The number of carbonyl (C=O) groups is 1. The largest absolute Gasteiger partial charge is 0.465 e. The topological polar surface area (TPSA) is 108 Å². The van der Waals surface area contributed by atoms with Crippen LogP contribution in [0.25, 0.3) is 22.5 Å². The molecule has 2 aromatic heterocycles. The van der Waals surface area contributed by atoms with Crippen LogP contribution in [-0.2, 0) is 47.8 Å². The molecule has 0 saturated heterocycles. The highest BCUT2D eigenvalue weighted by molar-refractivity contribution is 5.69. The Morgan fingerprint density at radius 1 is 0.660 bits per heavy atom. The summed E-state index contributed by atoms with van der Waals surface area (Å²) >= 11 is 0. The fourth-order valence-electron chi connectivity index (χ4n) is 5.38. The van der Waals surface area contributed by atoms with E-state index in [4.69, 9.17) is 9.84 Å². The van der Waals surface area contributed by atoms with Gasteiger partial charge in [0.2, 0.25) is 0 Å². The molecule has 53 heavy (non-hydrogen) atoms. The number of aliphatic hydroxyl groups excluding tert-OH is 1. The van der Waals surface area contributed by atoms with Crippen LogP contribution in [0.15, 0.2) is 109 Å². The van der Waals surface area contributed by atoms with E-state index in [0.717, 1.165) is 57.6 Å². The Bertz CT molecular complexity index is 2090. The van der Waals surface area contributed by atoms with Crippen LogP contribution in [0.1, 0.15) is 40.3 Å². The van der Waals surface area contributed by atoms with Gasteiger partial charge in [-0.05, 0) is 66.3 Å². The Balaban J connectivity index is 0.000000206. The van der Waals surface area contributed by atoms with Crippen LogP contribution >= 0.6 is 0 Å². The molecule has 0 atom stereocenters. The van der Waals surface area contributed by atoms with Gasteiger partial charge in [0.15, 0.2) is 0 Å². The normalized spacial score (nSPS) is 11.5. The zero-order valence-electron chi connectivity index (χ0n) is 28.3. The fraction of sp³-hybridized carbons (Fsp3) is 0.237. The molecule has 0 aliphatic carbocycles. The molecule has 6 aromatic rings. The van der Waals surface area contributed by atoms with E-state index in [-0.39, 0.29) is 19.8 Å². The van der Waals surface area contributed by atoms with Gasteiger partial charge in [-0.3, -0.25) is 4.79 Å². The van der Waals surface area contributed by atoms with Crippen LogP contribution in [0.4, 0.5) is 26.3 Å². The van der Waals surface area contributed by atoms with Crippen molar-refractivity contribution in [3.8, 4) is 22.5 Å². The van der Waals surface area contributed by atoms with E-state index in [1.165, 1.54) is 28.9 Å². The number of carbonyl (C=O) groups excluding carboxylic acids is 1. The predicted molar refractivity (Wildman–Crippen MR) is 183 cm³/mol. The molecule has 0 unspecified atom stereocenters. The quantitative estimate of drug-likeness (QED) is 0.108. The van der Waals surface area contributed by atoms with Gasteiger partial charge in [-0.2, -0.15) is 26.3 Å². The van der Waals surface area contributed by atoms with Crippen LogP contribution in [-0.4, -0.2) is 54.3 Å². The van der Waals surface area contributed by atoms with Crippen LogP contribution in [0.2, 0.25) is 0 Å². The number of esters is 1. The second-order valence-electron chi connectivity index (χ2n) is 11.8. The van der Waals surface area contributed by atoms with Gasteiger partial charge in [0, 0.05) is 11.1 Å². The zero-order valence-corrected chi connectivity index (χ0v) is 28.3. The molecule has 0 spiro atoms. The molecule has 4 aromatic carbocycles. The Labute approximate surface area is 300 Å². The molecule has 0 saturated carbocycles. The van der Waals surface area contributed by atoms with Crippen molar-refractivity contribution in [2.24, 2.45) is 0 Å². The van der Waals surface area contributed by atoms with Crippen molar-refractivity contribution < 1.29 is 41.0 Å². The number of aliphatic hydroxyl groups is 1. The third-order valence-corrected chi connectivity index (χ3v) is 7.94. The molecular weight excluding hydrogens is 702 g/mol. The van der Waals surface area contributed by atoms with Crippen molar-refractivity contribution in [1.29, 1.82) is 0 Å². The number of aromatic nitrogens is 6. The molecule has 9 nitrogen and oxygen atoms in total. The molecule has 15 heteroatoms. The fourth-order valence-corrected chi connectivity index (χ4v) is 5.38. The van der Waals surface area contributed by atoms with E-state index in [0.29, 0.717) is 30.8 Å². The smallest absolute Gasteiger partial charge is 0.416 e. The second-order valence-corrected chi connectivity index (χ2v) is 11.8. The number of nitrogens with zero attached hydrogens (tertiary/aromatic N) is 6. The number of hydrogen-bond acceptors (Lipinski definition) is 7. The van der Waals surface area contributed by atoms with Crippen LogP contribution in [0.3, 0.4) is 0 Å². The maximum Gasteiger partial charge on any atom is 0.416 e. The van der Waals surface area contributed by atoms with E-state index in [2.05, 4.69) is 20.6 Å². The van der Waals surface area contributed by atoms with E-state index in [1.54, 1.807) is 24.0 Å². The Hall–Kier alpha value is -5.83. The molecule has 0 bridgehead atoms. The summed E-state index contributed by atoms with van der Waals surface area (Å²) < 4.78 is 84.0. The number of halogens is 6. The number of ether oxygens (including phenoxy) is 1. The lowest BCUT2D eigenvalue weighted by Gasteiger charge is -2.10. The van der Waals surface area contributed by atoms with Gasteiger partial charge >= 0.3 is 18.3 Å². The maximum atomic E-state index is 12.7. The zero-order chi connectivity index (χ0) is 38.0. The van der Waals surface area contributed by atoms with Gasteiger partial charge in [-0.1, -0.05) is 83.2 Å². The van der Waals surface area contributed by atoms with Gasteiger partial charge in [0.05, 0.1) is 43.3 Å². The monoisotopic (exact) mass is 736 g/mol. The summed E-state index contributed by atoms with van der Waals surface area (Å²) in [6.07, 6.45) is -4.37. The van der Waals surface area contributed by atoms with Gasteiger partial charge in [-0.15, -0.1) is 10.2 Å². The Kier molecular flexibility index (Phi) is 12.4. The summed E-state index contributed by atoms with van der Waals surface area (Å²) in [6, 6.07) is 25.3. The maximum absolute atomic E-state index is 12.7. The van der Waals surface area contributed by atoms with Crippen molar-refractivity contribution >= 4 is 5.97 Å². The third kappa shape index (κ3) is 10.6. The third-order valence-electron chi connectivity index (χ3n) is 7.94. The highest BCUT2D eigenvalue weighted by Crippen LogP contribution is 2.31. The van der Waals surface area contributed by atoms with E-state index in [9.17, 15) is 31.1 Å². The minimum Gasteiger partial charge on any atom is -0.465 e. The van der Waals surface area contributed by atoms with E-state index >= 15 is 0 Å². The minimum atomic E-state index is -4.35. The average Bonchev–Trinajstić information content (AvgIpc) is 3.79. The van der Waals surface area contributed by atoms with E-state index in [1.807, 2.05) is 48.5 Å². The van der Waals surface area contributed by atoms with Gasteiger partial charge in [0.25, 0.3) is 0 Å². The molecule has 2 heterocycles. The molecule has 0 radical (unpaired) electrons. The van der Waals surface area contributed by atoms with Gasteiger partial charge < -0.3 is 9.84 Å². The lowest BCUT2D eigenvalue weighted by atomic mass is 9.97. The lowest BCUT2D eigenvalue weighted by Crippen LogP contribution is -2.13. The van der Waals surface area contributed by atoms with Crippen molar-refractivity contribution in [2.75, 3.05) is 13.2 Å². The number of alkyl halides is 6. The summed E-state index contributed by atoms with van der Waals surface area (Å²) in [5.74, 6) is -0.406. The molecule has 0 aliphatic heterocycles. The second kappa shape index (κ2) is 17.1. The molecule has 0 amide bonds. The lowest BCUT2D eigenvalue weighted by molar-refractivity contribution is -0.144. The van der Waals surface area contributed by atoms with Crippen molar-refractivity contribution in [3.05, 3.63) is 143 Å². The first kappa shape index (κ1) is 38.4. The molecule has 276 valence electrons. The van der Waals surface area contributed by atoms with E-state index < -0.39 is 29.4 Å². The highest BCUT2D eigenvalue weighted by Gasteiger charge is 2.30. The standard InChI is InChI=1S/C20H18F3N3O2.C18H16F3N3O/c1-2-28-19(27)13-26-12-18(24-25-26)17-6-4-3-5-15(17)11-14-7-9-16(10-8-14)20(21,22)23;19-18(20,21)15-7-5-13(6-8-15)11-14-3-1-2-4-16(14)17-12-24(9-10-25)23-22-17/h3-10,12H,2,11,13H2,1H3;1-8,12,25H,9-11H2. The molecular formula is C38H34F6N6O3. The first-order chi connectivity index (χ1) is 25.3. The molecule has 0 fully saturated rings. The van der Waals surface area contributed by atoms with Crippen molar-refractivity contribution in [1.82, 2.24) is 30.0 Å². The predicted octanol–water partition coefficient (Wildman–Crippen LogP) is 7.66. The Morgan fingerprint density at radius 2 is 1.09 bits per heavy atom. The van der Waals surface area contributed by atoms with Crippen LogP contribution in [0, 0.1) is 0 Å². The summed E-state index contributed by atoms with van der Waals surface area (Å²) in [4.78, 5) is 11.6. The van der Waals surface area contributed by atoms with Gasteiger partial charge in [-0.25, -0.2) is 9.36 Å². The SMILES string of the molecule is CCOC(=O)Cn1cc(-c2ccccc2Cc2ccc(C(F)(F)F)cc2)nn1.OCCn1cc(-c2ccccc2Cc2ccc(C(F)(F)F)cc2)nn1. The van der Waals surface area contributed by atoms with Crippen LogP contribution in [0.5, 0.6) is 0 Å². The summed E-state index contributed by atoms with van der Waals surface area (Å²) in [5.41, 5.74) is 4.95. The highest BCUT2D eigenvalue weighted by atomic mass is 19.4. The molecule has 1 N–H and O–H groups in total. The first-order valence-corrected chi connectivity index (χ1v) is 16.4. The number of benzene rings is 4. The minimum absolute atomic E-state index is 0.0317. The molecule has 6 rings (SSSR count). The van der Waals surface area contributed by atoms with Crippen molar-refractivity contribution in [3.63, 3.8) is 0 Å². The van der Waals surface area contributed by atoms with Crippen LogP contribution < -0.4 is 0 Å². The summed E-state index contributed by atoms with van der Waals surface area (Å²) in [5, 5.41) is 25.1. The van der Waals surface area contributed by atoms with Crippen molar-refractivity contribution in [2.45, 2.75) is 45.2 Å². The van der Waals surface area contributed by atoms with Gasteiger partial charge in [0.1, 0.15) is 17.9 Å². The Morgan fingerprint density at radius 3 is 1.53 bits per heavy atom. The number of hydrogen-bond donors (Lipinski definition) is 1. The molecule has 0 aliphatic rings. The average molecular weight is 737 g/mol.